The van der Waals surface area contributed by atoms with E-state index in [0.29, 0.717) is 43.1 Å². The Labute approximate surface area is 167 Å². The van der Waals surface area contributed by atoms with Crippen molar-refractivity contribution in [3.63, 3.8) is 0 Å². The summed E-state index contributed by atoms with van der Waals surface area (Å²) in [6, 6.07) is 6.25. The summed E-state index contributed by atoms with van der Waals surface area (Å²) >= 11 is 0. The molecule has 1 aromatic carbocycles. The van der Waals surface area contributed by atoms with Gasteiger partial charge in [0, 0.05) is 38.8 Å². The molecule has 0 saturated carbocycles. The smallest absolute Gasteiger partial charge is 0.408 e. The summed E-state index contributed by atoms with van der Waals surface area (Å²) in [6.45, 7) is 6.30. The largest absolute Gasteiger partial charge is 0.417 e. The lowest BCUT2D eigenvalue weighted by Crippen LogP contribution is -2.49. The monoisotopic (exact) mass is 418 g/mol. The molecule has 3 aromatic rings. The van der Waals surface area contributed by atoms with Gasteiger partial charge in [0.05, 0.1) is 10.4 Å². The Hall–Kier alpha value is -2.92. The Morgan fingerprint density at radius 1 is 1.17 bits per heavy atom. The van der Waals surface area contributed by atoms with Crippen molar-refractivity contribution in [2.24, 2.45) is 0 Å². The van der Waals surface area contributed by atoms with Crippen molar-refractivity contribution in [2.75, 3.05) is 42.9 Å². The van der Waals surface area contributed by atoms with E-state index in [2.05, 4.69) is 25.2 Å². The molecule has 1 fully saturated rings. The fourth-order valence-electron chi connectivity index (χ4n) is 3.38. The van der Waals surface area contributed by atoms with Gasteiger partial charge >= 0.3 is 5.76 Å². The second-order valence-electron chi connectivity index (χ2n) is 6.75. The highest BCUT2D eigenvalue weighted by molar-refractivity contribution is 7.89. The number of aromatic nitrogens is 3. The molecule has 0 radical (unpaired) electrons. The molecule has 1 aliphatic rings. The summed E-state index contributed by atoms with van der Waals surface area (Å²) in [5, 5.41) is 3.18. The molecule has 2 N–H and O–H groups in total. The van der Waals surface area contributed by atoms with E-state index in [9.17, 15) is 13.2 Å². The molecule has 11 heteroatoms. The number of nitrogens with zero attached hydrogens (tertiary/aromatic N) is 4. The first-order valence-corrected chi connectivity index (χ1v) is 10.8. The lowest BCUT2D eigenvalue weighted by molar-refractivity contribution is 0.383. The Morgan fingerprint density at radius 2 is 1.93 bits per heavy atom. The first-order chi connectivity index (χ1) is 13.9. The van der Waals surface area contributed by atoms with Crippen LogP contribution in [-0.2, 0) is 10.0 Å². The zero-order chi connectivity index (χ0) is 20.6. The molecule has 10 nitrogen and oxygen atoms in total. The summed E-state index contributed by atoms with van der Waals surface area (Å²) in [5.74, 6) is 1.59. The van der Waals surface area contributed by atoms with E-state index in [1.807, 2.05) is 19.9 Å². The van der Waals surface area contributed by atoms with Crippen molar-refractivity contribution in [3.05, 3.63) is 40.6 Å². The Kier molecular flexibility index (Phi) is 5.01. The minimum absolute atomic E-state index is 0.128. The molecule has 1 aliphatic heterocycles. The first-order valence-electron chi connectivity index (χ1n) is 9.34. The fraction of sp³-hybridized carbons (Fsp3) is 0.389. The van der Waals surface area contributed by atoms with Crippen LogP contribution in [0, 0.1) is 6.92 Å². The molecule has 154 valence electrons. The summed E-state index contributed by atoms with van der Waals surface area (Å²) in [6.07, 6.45) is 0. The Bertz CT molecular complexity index is 1190. The highest BCUT2D eigenvalue weighted by Gasteiger charge is 2.29. The first kappa shape index (κ1) is 19.4. The minimum Gasteiger partial charge on any atom is -0.408 e. The van der Waals surface area contributed by atoms with Crippen molar-refractivity contribution in [1.82, 2.24) is 19.3 Å². The number of benzene rings is 1. The number of aryl methyl sites for hydroxylation is 1. The van der Waals surface area contributed by atoms with E-state index in [1.165, 1.54) is 22.5 Å². The third-order valence-electron chi connectivity index (χ3n) is 4.77. The number of H-pyrrole nitrogens is 1. The third-order valence-corrected chi connectivity index (χ3v) is 6.67. The number of fused-ring (bicyclic) bond motifs is 1. The normalized spacial score (nSPS) is 15.7. The standard InChI is InChI=1S/C18H22N6O4S/c1-3-19-16-11-17(21-12(2)20-16)23-6-8-24(9-7-23)29(26,27)13-4-5-15-14(10-13)22-18(25)28-15/h4-5,10-11H,3,6-9H2,1-2H3,(H,22,25)(H,19,20,21). The summed E-state index contributed by atoms with van der Waals surface area (Å²) < 4.78 is 32.4. The van der Waals surface area contributed by atoms with Gasteiger partial charge in [-0.1, -0.05) is 0 Å². The van der Waals surface area contributed by atoms with E-state index < -0.39 is 15.8 Å². The zero-order valence-electron chi connectivity index (χ0n) is 16.2. The van der Waals surface area contributed by atoms with E-state index in [-0.39, 0.29) is 4.90 Å². The zero-order valence-corrected chi connectivity index (χ0v) is 17.0. The average molecular weight is 418 g/mol. The fourth-order valence-corrected chi connectivity index (χ4v) is 4.83. The number of hydrogen-bond acceptors (Lipinski definition) is 8. The molecule has 2 aromatic heterocycles. The topological polar surface area (TPSA) is 124 Å². The molecule has 1 saturated heterocycles. The minimum atomic E-state index is -3.68. The van der Waals surface area contributed by atoms with Crippen LogP contribution in [0.25, 0.3) is 11.1 Å². The maximum Gasteiger partial charge on any atom is 0.417 e. The number of aromatic amines is 1. The van der Waals surface area contributed by atoms with Crippen molar-refractivity contribution < 1.29 is 12.8 Å². The van der Waals surface area contributed by atoms with Crippen LogP contribution >= 0.6 is 0 Å². The molecular weight excluding hydrogens is 396 g/mol. The summed E-state index contributed by atoms with van der Waals surface area (Å²) in [4.78, 5) is 24.8. The van der Waals surface area contributed by atoms with Crippen LogP contribution in [0.5, 0.6) is 0 Å². The van der Waals surface area contributed by atoms with Crippen molar-refractivity contribution >= 4 is 32.8 Å². The van der Waals surface area contributed by atoms with Gasteiger partial charge in [-0.05, 0) is 32.0 Å². The predicted octanol–water partition coefficient (Wildman–Crippen LogP) is 1.16. The highest BCUT2D eigenvalue weighted by Crippen LogP contribution is 2.23. The molecular formula is C18H22N6O4S. The number of piperazine rings is 1. The van der Waals surface area contributed by atoms with Crippen LogP contribution in [0.1, 0.15) is 12.7 Å². The van der Waals surface area contributed by atoms with Crippen LogP contribution in [0.3, 0.4) is 0 Å². The van der Waals surface area contributed by atoms with E-state index >= 15 is 0 Å². The molecule has 0 unspecified atom stereocenters. The Morgan fingerprint density at radius 3 is 2.66 bits per heavy atom. The van der Waals surface area contributed by atoms with Crippen molar-refractivity contribution in [2.45, 2.75) is 18.7 Å². The van der Waals surface area contributed by atoms with E-state index in [1.54, 1.807) is 0 Å². The van der Waals surface area contributed by atoms with Crippen LogP contribution in [0.4, 0.5) is 11.6 Å². The van der Waals surface area contributed by atoms with Gasteiger partial charge in [-0.2, -0.15) is 4.31 Å². The maximum absolute atomic E-state index is 13.0. The molecule has 3 heterocycles. The molecule has 0 atom stereocenters. The lowest BCUT2D eigenvalue weighted by atomic mass is 10.3. The van der Waals surface area contributed by atoms with Crippen LogP contribution in [-0.4, -0.2) is 60.4 Å². The van der Waals surface area contributed by atoms with Gasteiger partial charge in [-0.25, -0.2) is 23.2 Å². The number of rotatable bonds is 5. The van der Waals surface area contributed by atoms with Crippen LogP contribution in [0.2, 0.25) is 0 Å². The SMILES string of the molecule is CCNc1cc(N2CCN(S(=O)(=O)c3ccc4oc(=O)[nH]c4c3)CC2)nc(C)n1. The van der Waals surface area contributed by atoms with E-state index in [4.69, 9.17) is 4.42 Å². The number of anilines is 2. The number of nitrogens with one attached hydrogen (secondary N) is 2. The van der Waals surface area contributed by atoms with Gasteiger partial charge in [0.2, 0.25) is 10.0 Å². The van der Waals surface area contributed by atoms with Gasteiger partial charge in [0.25, 0.3) is 0 Å². The Balaban J connectivity index is 1.51. The summed E-state index contributed by atoms with van der Waals surface area (Å²) in [7, 11) is -3.68. The molecule has 29 heavy (non-hydrogen) atoms. The summed E-state index contributed by atoms with van der Waals surface area (Å²) in [5.41, 5.74) is 0.691. The van der Waals surface area contributed by atoms with Gasteiger partial charge < -0.3 is 14.6 Å². The third kappa shape index (κ3) is 3.83. The molecule has 4 rings (SSSR count). The lowest BCUT2D eigenvalue weighted by Gasteiger charge is -2.34. The van der Waals surface area contributed by atoms with Crippen LogP contribution < -0.4 is 16.0 Å². The van der Waals surface area contributed by atoms with Gasteiger partial charge in [0.15, 0.2) is 5.58 Å². The molecule has 0 amide bonds. The quantitative estimate of drug-likeness (QED) is 0.633. The van der Waals surface area contributed by atoms with Gasteiger partial charge in [-0.15, -0.1) is 0 Å². The highest BCUT2D eigenvalue weighted by atomic mass is 32.2. The van der Waals surface area contributed by atoms with Crippen molar-refractivity contribution in [3.8, 4) is 0 Å². The van der Waals surface area contributed by atoms with Crippen molar-refractivity contribution in [1.29, 1.82) is 0 Å². The molecule has 0 bridgehead atoms. The number of oxazole rings is 1. The molecule has 0 spiro atoms. The van der Waals surface area contributed by atoms with Gasteiger partial charge in [-0.3, -0.25) is 4.98 Å². The number of sulfonamides is 1. The predicted molar refractivity (Wildman–Crippen MR) is 109 cm³/mol. The molecule has 0 aliphatic carbocycles. The second-order valence-corrected chi connectivity index (χ2v) is 8.69. The average Bonchev–Trinajstić information content (AvgIpc) is 3.07. The van der Waals surface area contributed by atoms with E-state index in [0.717, 1.165) is 18.2 Å². The number of hydrogen-bond donors (Lipinski definition) is 2. The van der Waals surface area contributed by atoms with Crippen LogP contribution in [0.15, 0.2) is 38.4 Å². The second kappa shape index (κ2) is 7.48. The maximum atomic E-state index is 13.0. The van der Waals surface area contributed by atoms with Gasteiger partial charge in [0.1, 0.15) is 17.5 Å².